The Balaban J connectivity index is 1.75. The molecular weight excluding hydrogens is 202 g/mol. The van der Waals surface area contributed by atoms with Crippen LogP contribution in [0.25, 0.3) is 0 Å². The number of nitrogens with one attached hydrogen (secondary N) is 2. The van der Waals surface area contributed by atoms with Crippen molar-refractivity contribution in [2.75, 3.05) is 33.2 Å². The summed E-state index contributed by atoms with van der Waals surface area (Å²) in [5.74, 6) is 0.880. The summed E-state index contributed by atoms with van der Waals surface area (Å²) in [7, 11) is 2.14. The van der Waals surface area contributed by atoms with E-state index in [9.17, 15) is 4.79 Å². The van der Waals surface area contributed by atoms with Crippen molar-refractivity contribution >= 4 is 5.91 Å². The van der Waals surface area contributed by atoms with Crippen molar-refractivity contribution in [3.63, 3.8) is 0 Å². The van der Waals surface area contributed by atoms with Crippen LogP contribution >= 0.6 is 0 Å². The molecule has 0 spiro atoms. The number of likely N-dealkylation sites (tertiary alicyclic amines) is 1. The minimum Gasteiger partial charge on any atom is -0.354 e. The van der Waals surface area contributed by atoms with E-state index in [1.54, 1.807) is 0 Å². The molecule has 2 aliphatic heterocycles. The average Bonchev–Trinajstić information content (AvgIpc) is 2.84. The molecule has 0 aromatic heterocycles. The highest BCUT2D eigenvalue weighted by atomic mass is 16.1. The molecule has 3 atom stereocenters. The lowest BCUT2D eigenvalue weighted by Gasteiger charge is -2.21. The zero-order valence-electron chi connectivity index (χ0n) is 10.3. The third-order valence-corrected chi connectivity index (χ3v) is 4.04. The summed E-state index contributed by atoms with van der Waals surface area (Å²) in [6, 6.07) is 0.550. The quantitative estimate of drug-likeness (QED) is 0.713. The molecule has 2 saturated heterocycles. The van der Waals surface area contributed by atoms with Gasteiger partial charge in [0, 0.05) is 19.1 Å². The minimum atomic E-state index is 0.173. The topological polar surface area (TPSA) is 44.4 Å². The van der Waals surface area contributed by atoms with Gasteiger partial charge in [0.05, 0.1) is 5.92 Å². The summed E-state index contributed by atoms with van der Waals surface area (Å²) in [6.07, 6.45) is 2.48. The predicted molar refractivity (Wildman–Crippen MR) is 64.2 cm³/mol. The van der Waals surface area contributed by atoms with Crippen LogP contribution in [0.1, 0.15) is 19.8 Å². The fourth-order valence-corrected chi connectivity index (χ4v) is 2.75. The molecule has 0 radical (unpaired) electrons. The van der Waals surface area contributed by atoms with E-state index in [4.69, 9.17) is 0 Å². The smallest absolute Gasteiger partial charge is 0.224 e. The van der Waals surface area contributed by atoms with E-state index < -0.39 is 0 Å². The first kappa shape index (κ1) is 11.9. The molecule has 2 N–H and O–H groups in total. The van der Waals surface area contributed by atoms with E-state index >= 15 is 0 Å². The van der Waals surface area contributed by atoms with Gasteiger partial charge < -0.3 is 15.5 Å². The summed E-state index contributed by atoms with van der Waals surface area (Å²) in [5, 5.41) is 6.38. The molecule has 1 amide bonds. The minimum absolute atomic E-state index is 0.173. The number of rotatable bonds is 3. The third kappa shape index (κ3) is 2.55. The first-order valence-corrected chi connectivity index (χ1v) is 6.37. The summed E-state index contributed by atoms with van der Waals surface area (Å²) in [4.78, 5) is 14.3. The van der Waals surface area contributed by atoms with E-state index in [1.807, 2.05) is 0 Å². The van der Waals surface area contributed by atoms with E-state index in [2.05, 4.69) is 29.5 Å². The number of amides is 1. The Morgan fingerprint density at radius 1 is 1.50 bits per heavy atom. The number of hydrogen-bond donors (Lipinski definition) is 2. The van der Waals surface area contributed by atoms with Gasteiger partial charge in [-0.05, 0) is 38.9 Å². The SMILES string of the molecule is CC1CNCC1C(=O)NCC1CCCN1C. The van der Waals surface area contributed by atoms with Crippen LogP contribution in [0.2, 0.25) is 0 Å². The Kier molecular flexibility index (Phi) is 3.82. The zero-order valence-corrected chi connectivity index (χ0v) is 10.3. The van der Waals surface area contributed by atoms with Crippen molar-refractivity contribution in [2.45, 2.75) is 25.8 Å². The number of nitrogens with zero attached hydrogens (tertiary/aromatic N) is 1. The maximum Gasteiger partial charge on any atom is 0.224 e. The van der Waals surface area contributed by atoms with Crippen LogP contribution in [-0.2, 0) is 4.79 Å². The van der Waals surface area contributed by atoms with Gasteiger partial charge in [0.1, 0.15) is 0 Å². The Bertz CT molecular complexity index is 257. The van der Waals surface area contributed by atoms with Gasteiger partial charge in [-0.15, -0.1) is 0 Å². The normalized spacial score (nSPS) is 35.5. The van der Waals surface area contributed by atoms with E-state index in [0.717, 1.165) is 19.6 Å². The summed E-state index contributed by atoms with van der Waals surface area (Å²) < 4.78 is 0. The van der Waals surface area contributed by atoms with Crippen LogP contribution in [0.3, 0.4) is 0 Å². The van der Waals surface area contributed by atoms with Crippen molar-refractivity contribution in [1.29, 1.82) is 0 Å². The molecule has 2 rings (SSSR count). The first-order chi connectivity index (χ1) is 7.68. The van der Waals surface area contributed by atoms with Gasteiger partial charge >= 0.3 is 0 Å². The largest absolute Gasteiger partial charge is 0.354 e. The highest BCUT2D eigenvalue weighted by Crippen LogP contribution is 2.17. The Morgan fingerprint density at radius 2 is 2.31 bits per heavy atom. The van der Waals surface area contributed by atoms with Gasteiger partial charge in [0.25, 0.3) is 0 Å². The molecule has 3 unspecified atom stereocenters. The molecule has 0 bridgehead atoms. The predicted octanol–water partition coefficient (Wildman–Crippen LogP) is 0.0523. The van der Waals surface area contributed by atoms with Crippen molar-refractivity contribution in [1.82, 2.24) is 15.5 Å². The fraction of sp³-hybridized carbons (Fsp3) is 0.917. The molecule has 16 heavy (non-hydrogen) atoms. The van der Waals surface area contributed by atoms with Crippen LogP contribution < -0.4 is 10.6 Å². The van der Waals surface area contributed by atoms with Crippen LogP contribution in [0.5, 0.6) is 0 Å². The van der Waals surface area contributed by atoms with Crippen molar-refractivity contribution in [3.05, 3.63) is 0 Å². The second-order valence-electron chi connectivity index (χ2n) is 5.26. The molecule has 2 aliphatic rings. The lowest BCUT2D eigenvalue weighted by Crippen LogP contribution is -2.42. The molecule has 92 valence electrons. The summed E-state index contributed by atoms with van der Waals surface area (Å²) in [6.45, 7) is 5.95. The van der Waals surface area contributed by atoms with Gasteiger partial charge in [-0.25, -0.2) is 0 Å². The Hall–Kier alpha value is -0.610. The number of likely N-dealkylation sites (N-methyl/N-ethyl adjacent to an activating group) is 1. The molecule has 2 heterocycles. The van der Waals surface area contributed by atoms with Gasteiger partial charge in [0.2, 0.25) is 5.91 Å². The monoisotopic (exact) mass is 225 g/mol. The van der Waals surface area contributed by atoms with Crippen molar-refractivity contribution in [3.8, 4) is 0 Å². The van der Waals surface area contributed by atoms with Gasteiger partial charge in [-0.1, -0.05) is 6.92 Å². The van der Waals surface area contributed by atoms with Gasteiger partial charge in [-0.3, -0.25) is 4.79 Å². The molecular formula is C12H23N3O. The Labute approximate surface area is 97.8 Å². The van der Waals surface area contributed by atoms with Crippen molar-refractivity contribution in [2.24, 2.45) is 11.8 Å². The second kappa shape index (κ2) is 5.15. The summed E-state index contributed by atoms with van der Waals surface area (Å²) in [5.41, 5.74) is 0. The Morgan fingerprint density at radius 3 is 2.88 bits per heavy atom. The van der Waals surface area contributed by atoms with Crippen LogP contribution in [0.15, 0.2) is 0 Å². The molecule has 4 heteroatoms. The highest BCUT2D eigenvalue weighted by Gasteiger charge is 2.30. The lowest BCUT2D eigenvalue weighted by atomic mass is 9.97. The molecule has 0 aliphatic carbocycles. The molecule has 0 aromatic carbocycles. The van der Waals surface area contributed by atoms with Crippen LogP contribution in [0.4, 0.5) is 0 Å². The maximum absolute atomic E-state index is 11.9. The number of carbonyl (C=O) groups excluding carboxylic acids is 1. The zero-order chi connectivity index (χ0) is 11.5. The first-order valence-electron chi connectivity index (χ1n) is 6.37. The molecule has 4 nitrogen and oxygen atoms in total. The second-order valence-corrected chi connectivity index (χ2v) is 5.26. The van der Waals surface area contributed by atoms with Crippen LogP contribution in [-0.4, -0.2) is 50.1 Å². The number of carbonyl (C=O) groups is 1. The average molecular weight is 225 g/mol. The fourth-order valence-electron chi connectivity index (χ4n) is 2.75. The van der Waals surface area contributed by atoms with E-state index in [1.165, 1.54) is 19.4 Å². The highest BCUT2D eigenvalue weighted by molar-refractivity contribution is 5.79. The molecule has 0 aromatic rings. The summed E-state index contributed by atoms with van der Waals surface area (Å²) >= 11 is 0. The van der Waals surface area contributed by atoms with E-state index in [-0.39, 0.29) is 11.8 Å². The van der Waals surface area contributed by atoms with Gasteiger partial charge in [0.15, 0.2) is 0 Å². The van der Waals surface area contributed by atoms with Crippen LogP contribution in [0, 0.1) is 11.8 Å². The van der Waals surface area contributed by atoms with Crippen molar-refractivity contribution < 1.29 is 4.79 Å². The molecule has 0 saturated carbocycles. The third-order valence-electron chi connectivity index (χ3n) is 4.04. The molecule has 2 fully saturated rings. The standard InChI is InChI=1S/C12H23N3O/c1-9-6-13-8-11(9)12(16)14-7-10-4-3-5-15(10)2/h9-11,13H,3-8H2,1-2H3,(H,14,16). The lowest BCUT2D eigenvalue weighted by molar-refractivity contribution is -0.125. The maximum atomic E-state index is 11.9. The van der Waals surface area contributed by atoms with E-state index in [0.29, 0.717) is 12.0 Å². The number of hydrogen-bond acceptors (Lipinski definition) is 3. The van der Waals surface area contributed by atoms with Gasteiger partial charge in [-0.2, -0.15) is 0 Å².